The number of hydrogen-bond acceptors (Lipinski definition) is 4. The van der Waals surface area contributed by atoms with E-state index in [-0.39, 0.29) is 17.1 Å². The summed E-state index contributed by atoms with van der Waals surface area (Å²) in [4.78, 5) is 24.8. The van der Waals surface area contributed by atoms with Gasteiger partial charge < -0.3 is 10.7 Å². The van der Waals surface area contributed by atoms with Crippen molar-refractivity contribution >= 4 is 33.0 Å². The van der Waals surface area contributed by atoms with Gasteiger partial charge in [-0.2, -0.15) is 4.98 Å². The summed E-state index contributed by atoms with van der Waals surface area (Å²) in [5.41, 5.74) is 5.92. The Labute approximate surface area is 114 Å². The fourth-order valence-corrected chi connectivity index (χ4v) is 1.95. The van der Waals surface area contributed by atoms with E-state index in [2.05, 4.69) is 35.9 Å². The van der Waals surface area contributed by atoms with E-state index in [9.17, 15) is 9.18 Å². The van der Waals surface area contributed by atoms with Crippen LogP contribution in [-0.2, 0) is 0 Å². The maximum atomic E-state index is 13.5. The summed E-state index contributed by atoms with van der Waals surface area (Å²) in [5, 5.41) is 0. The Bertz CT molecular complexity index is 841. The Hall–Kier alpha value is -2.22. The molecule has 4 N–H and O–H groups in total. The molecule has 3 rings (SSSR count). The van der Waals surface area contributed by atoms with Gasteiger partial charge in [-0.1, -0.05) is 0 Å². The number of rotatable bonds is 1. The molecular formula is C11H7BrFN5O. The molecule has 0 saturated carbocycles. The smallest absolute Gasteiger partial charge is 0.278 e. The number of hydrogen-bond donors (Lipinski definition) is 3. The van der Waals surface area contributed by atoms with Crippen LogP contribution in [0.15, 0.2) is 27.5 Å². The number of aromatic nitrogens is 4. The van der Waals surface area contributed by atoms with Crippen LogP contribution in [0, 0.1) is 5.82 Å². The zero-order valence-corrected chi connectivity index (χ0v) is 11.0. The third-order valence-corrected chi connectivity index (χ3v) is 3.22. The molecule has 0 unspecified atom stereocenters. The molecule has 0 amide bonds. The lowest BCUT2D eigenvalue weighted by Crippen LogP contribution is -2.10. The third-order valence-electron chi connectivity index (χ3n) is 2.57. The summed E-state index contributed by atoms with van der Waals surface area (Å²) < 4.78 is 13.8. The molecule has 6 nitrogen and oxygen atoms in total. The maximum Gasteiger partial charge on any atom is 0.278 e. The first-order valence-corrected chi connectivity index (χ1v) is 6.05. The van der Waals surface area contributed by atoms with E-state index < -0.39 is 11.4 Å². The molecule has 0 saturated heterocycles. The number of nitrogens with one attached hydrogen (secondary N) is 2. The number of nitrogen functional groups attached to an aromatic ring is 1. The summed E-state index contributed by atoms with van der Waals surface area (Å²) in [7, 11) is 0. The zero-order valence-electron chi connectivity index (χ0n) is 9.37. The van der Waals surface area contributed by atoms with Gasteiger partial charge >= 0.3 is 0 Å². The van der Waals surface area contributed by atoms with Crippen molar-refractivity contribution in [3.63, 3.8) is 0 Å². The fourth-order valence-electron chi connectivity index (χ4n) is 1.70. The van der Waals surface area contributed by atoms with Crippen LogP contribution in [0.25, 0.3) is 22.6 Å². The Morgan fingerprint density at radius 2 is 2.05 bits per heavy atom. The largest absolute Gasteiger partial charge is 0.369 e. The van der Waals surface area contributed by atoms with Crippen LogP contribution in [0.2, 0.25) is 0 Å². The van der Waals surface area contributed by atoms with Crippen molar-refractivity contribution < 1.29 is 4.39 Å². The Morgan fingerprint density at radius 1 is 1.26 bits per heavy atom. The monoisotopic (exact) mass is 323 g/mol. The van der Waals surface area contributed by atoms with Crippen LogP contribution in [0.3, 0.4) is 0 Å². The number of imidazole rings is 1. The molecule has 2 aromatic heterocycles. The molecule has 0 spiro atoms. The van der Waals surface area contributed by atoms with Gasteiger partial charge in [0.2, 0.25) is 5.95 Å². The second-order valence-corrected chi connectivity index (χ2v) is 4.72. The molecule has 8 heteroatoms. The minimum atomic E-state index is -0.418. The van der Waals surface area contributed by atoms with E-state index in [1.807, 2.05) is 0 Å². The van der Waals surface area contributed by atoms with Crippen molar-refractivity contribution in [3.8, 4) is 11.4 Å². The molecule has 0 aliphatic heterocycles. The standard InChI is InChI=1S/C11H7BrFN5O/c12-5-2-1-4(3-6(5)13)8-15-7-9(16-8)17-11(14)18-10(7)19/h1-3H,(H4,14,15,16,17,18,19). The molecule has 0 aliphatic carbocycles. The van der Waals surface area contributed by atoms with Gasteiger partial charge in [-0.05, 0) is 34.1 Å². The molecular weight excluding hydrogens is 317 g/mol. The SMILES string of the molecule is Nc1nc2nc(-c3ccc(Br)c(F)c3)[nH]c2c(=O)[nH]1. The van der Waals surface area contributed by atoms with Crippen LogP contribution in [0.4, 0.5) is 10.3 Å². The van der Waals surface area contributed by atoms with Crippen molar-refractivity contribution in [3.05, 3.63) is 38.8 Å². The lowest BCUT2D eigenvalue weighted by molar-refractivity contribution is 0.621. The minimum Gasteiger partial charge on any atom is -0.369 e. The number of fused-ring (bicyclic) bond motifs is 1. The number of nitrogens with two attached hydrogens (primary N) is 1. The van der Waals surface area contributed by atoms with Gasteiger partial charge in [0, 0.05) is 5.56 Å². The highest BCUT2D eigenvalue weighted by molar-refractivity contribution is 9.10. The van der Waals surface area contributed by atoms with E-state index in [1.54, 1.807) is 12.1 Å². The van der Waals surface area contributed by atoms with E-state index in [0.29, 0.717) is 15.9 Å². The highest BCUT2D eigenvalue weighted by atomic mass is 79.9. The van der Waals surface area contributed by atoms with Crippen molar-refractivity contribution in [1.82, 2.24) is 19.9 Å². The number of nitrogens with zero attached hydrogens (tertiary/aromatic N) is 2. The minimum absolute atomic E-state index is 0.0162. The van der Waals surface area contributed by atoms with Gasteiger partial charge in [0.1, 0.15) is 11.6 Å². The zero-order chi connectivity index (χ0) is 13.6. The van der Waals surface area contributed by atoms with E-state index >= 15 is 0 Å². The quantitative estimate of drug-likeness (QED) is 0.635. The Morgan fingerprint density at radius 3 is 2.79 bits per heavy atom. The van der Waals surface area contributed by atoms with Crippen molar-refractivity contribution in [2.24, 2.45) is 0 Å². The van der Waals surface area contributed by atoms with E-state index in [0.717, 1.165) is 0 Å². The summed E-state index contributed by atoms with van der Waals surface area (Å²) in [6.45, 7) is 0. The molecule has 3 aromatic rings. The molecule has 2 heterocycles. The topological polar surface area (TPSA) is 100 Å². The van der Waals surface area contributed by atoms with Crippen LogP contribution in [-0.4, -0.2) is 19.9 Å². The second kappa shape index (κ2) is 4.16. The molecule has 0 atom stereocenters. The second-order valence-electron chi connectivity index (χ2n) is 3.86. The van der Waals surface area contributed by atoms with Gasteiger partial charge in [-0.3, -0.25) is 9.78 Å². The molecule has 0 radical (unpaired) electrons. The lowest BCUT2D eigenvalue weighted by Gasteiger charge is -1.98. The predicted molar refractivity (Wildman–Crippen MR) is 72.0 cm³/mol. The first-order chi connectivity index (χ1) is 9.04. The first kappa shape index (κ1) is 11.8. The maximum absolute atomic E-state index is 13.5. The van der Waals surface area contributed by atoms with Crippen LogP contribution in [0.5, 0.6) is 0 Å². The van der Waals surface area contributed by atoms with E-state index in [4.69, 9.17) is 5.73 Å². The fraction of sp³-hybridized carbons (Fsp3) is 0. The third kappa shape index (κ3) is 1.99. The van der Waals surface area contributed by atoms with Crippen molar-refractivity contribution in [2.45, 2.75) is 0 Å². The van der Waals surface area contributed by atoms with Gasteiger partial charge in [-0.25, -0.2) is 9.37 Å². The molecule has 0 fully saturated rings. The molecule has 19 heavy (non-hydrogen) atoms. The Balaban J connectivity index is 2.23. The average molecular weight is 324 g/mol. The van der Waals surface area contributed by atoms with Gasteiger partial charge in [0.15, 0.2) is 11.2 Å². The molecule has 0 aliphatic rings. The van der Waals surface area contributed by atoms with Gasteiger partial charge in [-0.15, -0.1) is 0 Å². The molecule has 1 aromatic carbocycles. The number of anilines is 1. The molecule has 96 valence electrons. The number of H-pyrrole nitrogens is 2. The van der Waals surface area contributed by atoms with Crippen molar-refractivity contribution in [2.75, 3.05) is 5.73 Å². The van der Waals surface area contributed by atoms with Crippen molar-refractivity contribution in [1.29, 1.82) is 0 Å². The molecule has 0 bridgehead atoms. The normalized spacial score (nSPS) is 11.1. The Kier molecular flexibility index (Phi) is 2.59. The highest BCUT2D eigenvalue weighted by Gasteiger charge is 2.11. The summed E-state index contributed by atoms with van der Waals surface area (Å²) in [5.74, 6) is -0.0816. The summed E-state index contributed by atoms with van der Waals surface area (Å²) >= 11 is 3.07. The first-order valence-electron chi connectivity index (χ1n) is 5.25. The predicted octanol–water partition coefficient (Wildman–Crippen LogP) is 1.80. The number of aromatic amines is 2. The van der Waals surface area contributed by atoms with Crippen LogP contribution < -0.4 is 11.3 Å². The summed E-state index contributed by atoms with van der Waals surface area (Å²) in [6.07, 6.45) is 0. The number of halogens is 2. The van der Waals surface area contributed by atoms with Crippen LogP contribution >= 0.6 is 15.9 Å². The number of benzene rings is 1. The van der Waals surface area contributed by atoms with Gasteiger partial charge in [0.25, 0.3) is 5.56 Å². The van der Waals surface area contributed by atoms with E-state index in [1.165, 1.54) is 6.07 Å². The lowest BCUT2D eigenvalue weighted by atomic mass is 10.2. The average Bonchev–Trinajstić information content (AvgIpc) is 2.76. The van der Waals surface area contributed by atoms with Gasteiger partial charge in [0.05, 0.1) is 4.47 Å². The van der Waals surface area contributed by atoms with Crippen LogP contribution in [0.1, 0.15) is 0 Å². The summed E-state index contributed by atoms with van der Waals surface area (Å²) in [6, 6.07) is 4.53. The highest BCUT2D eigenvalue weighted by Crippen LogP contribution is 2.23.